The quantitative estimate of drug-likeness (QED) is 0.155. The highest BCUT2D eigenvalue weighted by Gasteiger charge is 2.40. The average Bonchev–Trinajstić information content (AvgIpc) is 3.52. The van der Waals surface area contributed by atoms with Gasteiger partial charge in [-0.3, -0.25) is 14.5 Å². The van der Waals surface area contributed by atoms with Gasteiger partial charge >= 0.3 is 18.5 Å². The number of carbonyl (C=O) groups excluding carboxylic acids is 2. The van der Waals surface area contributed by atoms with Crippen LogP contribution in [0.5, 0.6) is 0 Å². The minimum atomic E-state index is -5.13. The minimum absolute atomic E-state index is 0.00213. The molecule has 51 heavy (non-hydrogen) atoms. The van der Waals surface area contributed by atoms with Crippen molar-refractivity contribution in [3.05, 3.63) is 98.6 Å². The van der Waals surface area contributed by atoms with Crippen LogP contribution in [-0.2, 0) is 31.6 Å². The molecule has 2 aliphatic heterocycles. The molecule has 270 valence electrons. The van der Waals surface area contributed by atoms with Gasteiger partial charge in [0.2, 0.25) is 0 Å². The van der Waals surface area contributed by atoms with Crippen molar-refractivity contribution in [1.82, 2.24) is 25.1 Å². The molecule has 0 aliphatic carbocycles. The highest BCUT2D eigenvalue weighted by molar-refractivity contribution is 6.21. The van der Waals surface area contributed by atoms with Gasteiger partial charge in [0, 0.05) is 18.8 Å². The maximum atomic E-state index is 14.1. The highest BCUT2D eigenvalue weighted by atomic mass is 19.4. The molecular weight excluding hydrogens is 697 g/mol. The Bertz CT molecular complexity index is 1940. The van der Waals surface area contributed by atoms with E-state index in [1.54, 1.807) is 12.1 Å². The monoisotopic (exact) mass is 725 g/mol. The van der Waals surface area contributed by atoms with Crippen molar-refractivity contribution in [1.29, 1.82) is 0 Å². The van der Waals surface area contributed by atoms with Crippen LogP contribution in [-0.4, -0.2) is 50.0 Å². The highest BCUT2D eigenvalue weighted by Crippen LogP contribution is 2.45. The van der Waals surface area contributed by atoms with E-state index in [2.05, 4.69) is 20.7 Å². The molecule has 2 aliphatic rings. The van der Waals surface area contributed by atoms with Crippen LogP contribution >= 0.6 is 0 Å². The molecule has 1 atom stereocenters. The van der Waals surface area contributed by atoms with Crippen LogP contribution in [0.2, 0.25) is 0 Å². The number of rotatable bonds is 7. The first kappa shape index (κ1) is 35.7. The molecule has 0 radical (unpaired) electrons. The molecule has 4 aromatic rings. The summed E-state index contributed by atoms with van der Waals surface area (Å²) in [7, 11) is 0. The Morgan fingerprint density at radius 1 is 0.843 bits per heavy atom. The Kier molecular flexibility index (Phi) is 9.00. The zero-order chi connectivity index (χ0) is 37.0. The van der Waals surface area contributed by atoms with Crippen LogP contribution < -0.4 is 10.2 Å². The first-order valence-corrected chi connectivity index (χ1v) is 15.6. The number of carbonyl (C=O) groups is 2. The van der Waals surface area contributed by atoms with Crippen LogP contribution in [0.3, 0.4) is 0 Å². The molecule has 0 spiro atoms. The number of anilines is 2. The summed E-state index contributed by atoms with van der Waals surface area (Å²) in [5.41, 5.74) is -3.79. The predicted octanol–water partition coefficient (Wildman–Crippen LogP) is 7.60. The second kappa shape index (κ2) is 12.9. The number of amides is 2. The van der Waals surface area contributed by atoms with Crippen molar-refractivity contribution in [2.24, 2.45) is 0 Å². The van der Waals surface area contributed by atoms with Gasteiger partial charge in [0.25, 0.3) is 17.8 Å². The van der Waals surface area contributed by atoms with Gasteiger partial charge in [0.1, 0.15) is 0 Å². The summed E-state index contributed by atoms with van der Waals surface area (Å²) >= 11 is 0. The van der Waals surface area contributed by atoms with E-state index in [-0.39, 0.29) is 66.0 Å². The van der Waals surface area contributed by atoms with Gasteiger partial charge in [-0.25, -0.2) is 0 Å². The van der Waals surface area contributed by atoms with Crippen molar-refractivity contribution in [2.45, 2.75) is 64.3 Å². The zero-order valence-electron chi connectivity index (χ0n) is 26.8. The van der Waals surface area contributed by atoms with Gasteiger partial charge < -0.3 is 10.2 Å². The van der Waals surface area contributed by atoms with Crippen LogP contribution in [0.4, 0.5) is 51.1 Å². The molecule has 3 heterocycles. The molecule has 0 fully saturated rings. The van der Waals surface area contributed by atoms with Gasteiger partial charge in [-0.2, -0.15) is 44.3 Å². The van der Waals surface area contributed by atoms with E-state index in [0.29, 0.717) is 24.1 Å². The van der Waals surface area contributed by atoms with E-state index < -0.39 is 65.2 Å². The number of hydrogen-bond donors (Lipinski definition) is 1. The number of halogens is 9. The van der Waals surface area contributed by atoms with Gasteiger partial charge in [-0.15, -0.1) is 5.10 Å². The van der Waals surface area contributed by atoms with E-state index in [9.17, 15) is 49.1 Å². The number of tetrazole rings is 1. The molecule has 6 rings (SSSR count). The van der Waals surface area contributed by atoms with E-state index >= 15 is 0 Å². The number of aromatic nitrogens is 4. The number of imide groups is 1. The number of alkyl halides is 9. The third-order valence-corrected chi connectivity index (χ3v) is 8.88. The summed E-state index contributed by atoms with van der Waals surface area (Å²) in [6.07, 6.45) is -14.4. The van der Waals surface area contributed by atoms with Crippen molar-refractivity contribution in [3.63, 3.8) is 0 Å². The number of benzene rings is 3. The molecule has 1 N–H and O–H groups in total. The summed E-state index contributed by atoms with van der Waals surface area (Å²) < 4.78 is 125. The Morgan fingerprint density at radius 3 is 2.02 bits per heavy atom. The van der Waals surface area contributed by atoms with Crippen molar-refractivity contribution < 1.29 is 49.1 Å². The molecular formula is C33H28F9N7O2. The van der Waals surface area contributed by atoms with Gasteiger partial charge in [-0.05, 0) is 84.5 Å². The van der Waals surface area contributed by atoms with Gasteiger partial charge in [0.05, 0.1) is 46.9 Å². The molecule has 0 saturated carbocycles. The van der Waals surface area contributed by atoms with E-state index in [0.717, 1.165) is 9.70 Å². The van der Waals surface area contributed by atoms with Crippen LogP contribution in [0.15, 0.2) is 48.5 Å². The van der Waals surface area contributed by atoms with E-state index in [4.69, 9.17) is 0 Å². The lowest BCUT2D eigenvalue weighted by molar-refractivity contribution is -0.143. The topological polar surface area (TPSA) is 96.2 Å². The lowest BCUT2D eigenvalue weighted by Crippen LogP contribution is -2.33. The summed E-state index contributed by atoms with van der Waals surface area (Å²) in [4.78, 5) is 29.0. The van der Waals surface area contributed by atoms with Gasteiger partial charge in [0.15, 0.2) is 0 Å². The third kappa shape index (κ3) is 6.95. The number of hydrogen-bond acceptors (Lipinski definition) is 7. The molecule has 2 amide bonds. The number of nitrogens with zero attached hydrogens (tertiary/aromatic N) is 6. The first-order chi connectivity index (χ1) is 23.8. The van der Waals surface area contributed by atoms with E-state index in [1.807, 2.05) is 0 Å². The molecule has 0 unspecified atom stereocenters. The van der Waals surface area contributed by atoms with E-state index in [1.165, 1.54) is 36.9 Å². The minimum Gasteiger partial charge on any atom is -0.385 e. The predicted molar refractivity (Wildman–Crippen MR) is 164 cm³/mol. The fourth-order valence-electron chi connectivity index (χ4n) is 6.64. The molecule has 1 aromatic heterocycles. The maximum Gasteiger partial charge on any atom is 0.416 e. The second-order valence-corrected chi connectivity index (χ2v) is 12.3. The average molecular weight is 726 g/mol. The Balaban J connectivity index is 1.41. The maximum absolute atomic E-state index is 14.1. The molecule has 18 heteroatoms. The Morgan fingerprint density at radius 2 is 1.45 bits per heavy atom. The molecule has 9 nitrogen and oxygen atoms in total. The van der Waals surface area contributed by atoms with Crippen molar-refractivity contribution in [2.75, 3.05) is 23.3 Å². The van der Waals surface area contributed by atoms with Crippen LogP contribution in [0.1, 0.15) is 78.5 Å². The van der Waals surface area contributed by atoms with Crippen molar-refractivity contribution >= 4 is 23.5 Å². The second-order valence-electron chi connectivity index (χ2n) is 12.3. The van der Waals surface area contributed by atoms with Crippen LogP contribution in [0.25, 0.3) is 0 Å². The molecule has 0 bridgehead atoms. The summed E-state index contributed by atoms with van der Waals surface area (Å²) in [5, 5.41) is 15.3. The number of fused-ring (bicyclic) bond motifs is 2. The van der Waals surface area contributed by atoms with Crippen LogP contribution in [0, 0.1) is 13.8 Å². The van der Waals surface area contributed by atoms with Gasteiger partial charge in [-0.1, -0.05) is 23.3 Å². The standard InChI is InChI=1S/C33H28F9N7O2/c1-17-12-24-25(8-5-9-43-27(24)18(2)26(17)33(40,41)42)48(16-19-13-20(31(34,35)36)15-21(14-19)32(37,38)39)30-44-46-49(45-30)11-10-47-28(50)22-6-3-4-7-23(22)29(47)51/h3-4,6-7,12-15,25,43H,5,8-11,16H2,1-2H3/t25-/m0/s1. The Labute approximate surface area is 284 Å². The smallest absolute Gasteiger partial charge is 0.385 e. The zero-order valence-corrected chi connectivity index (χ0v) is 26.8. The largest absolute Gasteiger partial charge is 0.416 e. The third-order valence-electron chi connectivity index (χ3n) is 8.88. The number of aryl methyl sites for hydroxylation is 1. The summed E-state index contributed by atoms with van der Waals surface area (Å²) in [5.74, 6) is -1.35. The first-order valence-electron chi connectivity index (χ1n) is 15.6. The summed E-state index contributed by atoms with van der Waals surface area (Å²) in [6.45, 7) is 1.77. The Hall–Kier alpha value is -5.16. The molecule has 0 saturated heterocycles. The molecule has 3 aromatic carbocycles. The fourth-order valence-corrected chi connectivity index (χ4v) is 6.64. The summed E-state index contributed by atoms with van der Waals surface area (Å²) in [6, 6.07) is 7.68. The normalized spacial score (nSPS) is 16.5. The SMILES string of the molecule is Cc1cc2c(c(C)c1C(F)(F)F)NCCC[C@@H]2N(Cc1cc(C(F)(F)F)cc(C(F)(F)F)c1)c1nnn(CCN2C(=O)c3ccccc3C2=O)n1. The fraction of sp³-hybridized carbons (Fsp3) is 0.364. The number of nitrogens with one attached hydrogen (secondary N) is 1. The lowest BCUT2D eigenvalue weighted by atomic mass is 9.91. The van der Waals surface area contributed by atoms with Crippen molar-refractivity contribution in [3.8, 4) is 0 Å². The lowest BCUT2D eigenvalue weighted by Gasteiger charge is -2.32.